The second-order valence-corrected chi connectivity index (χ2v) is 6.62. The van der Waals surface area contributed by atoms with Crippen molar-refractivity contribution in [3.63, 3.8) is 0 Å². The summed E-state index contributed by atoms with van der Waals surface area (Å²) >= 11 is 0.0788. The number of carbonyl (C=O) groups is 1. The molecule has 0 spiro atoms. The molecule has 2 rings (SSSR count). The summed E-state index contributed by atoms with van der Waals surface area (Å²) in [4.78, 5) is 16.2. The predicted octanol–water partition coefficient (Wildman–Crippen LogP) is -1.66. The van der Waals surface area contributed by atoms with Crippen molar-refractivity contribution >= 4 is 5.91 Å². The standard InChI is InChI=1S/C10H13IN2O/c1-3-13(7-11-13)10(14)9-4-5-12-8(2)6-9/h4-6H,3,7H2,1-2H3. The van der Waals surface area contributed by atoms with E-state index in [1.165, 1.54) is 0 Å². The number of aryl methyl sites for hydroxylation is 1. The molecule has 1 unspecified atom stereocenters. The molecule has 14 heavy (non-hydrogen) atoms. The molecule has 1 atom stereocenters. The third kappa shape index (κ3) is 1.68. The molecule has 1 saturated heterocycles. The molecule has 0 bridgehead atoms. The molecule has 0 aromatic carbocycles. The number of hydrogen-bond acceptors (Lipinski definition) is 2. The Morgan fingerprint density at radius 1 is 1.71 bits per heavy atom. The zero-order valence-corrected chi connectivity index (χ0v) is 10.5. The number of quaternary nitrogens is 1. The summed E-state index contributed by atoms with van der Waals surface area (Å²) in [5, 5.41) is 0. The second kappa shape index (κ2) is 3.58. The van der Waals surface area contributed by atoms with Crippen molar-refractivity contribution in [2.24, 2.45) is 0 Å². The van der Waals surface area contributed by atoms with Crippen LogP contribution in [0.2, 0.25) is 0 Å². The van der Waals surface area contributed by atoms with E-state index in [-0.39, 0.29) is 21.5 Å². The van der Waals surface area contributed by atoms with Crippen molar-refractivity contribution < 1.29 is 29.0 Å². The van der Waals surface area contributed by atoms with Gasteiger partial charge in [0.05, 0.1) is 0 Å². The average Bonchev–Trinajstić information content (AvgIpc) is 2.97. The van der Waals surface area contributed by atoms with Gasteiger partial charge in [-0.1, -0.05) is 0 Å². The molecule has 1 aliphatic heterocycles. The molecule has 1 amide bonds. The number of hydrogen-bond donors (Lipinski definition) is 0. The van der Waals surface area contributed by atoms with Gasteiger partial charge in [0.15, 0.2) is 0 Å². The first kappa shape index (κ1) is 10.0. The zero-order chi connectivity index (χ0) is 10.2. The first-order chi connectivity index (χ1) is 6.68. The van der Waals surface area contributed by atoms with Crippen molar-refractivity contribution in [1.82, 2.24) is 4.98 Å². The third-order valence-electron chi connectivity index (χ3n) is 2.42. The van der Waals surface area contributed by atoms with Crippen LogP contribution in [0.1, 0.15) is 23.0 Å². The van der Waals surface area contributed by atoms with E-state index in [2.05, 4.69) is 11.9 Å². The number of amides is 1. The summed E-state index contributed by atoms with van der Waals surface area (Å²) in [5.74, 6) is 0.297. The third-order valence-corrected chi connectivity index (χ3v) is 5.87. The van der Waals surface area contributed by atoms with Gasteiger partial charge < -0.3 is 0 Å². The van der Waals surface area contributed by atoms with Crippen molar-refractivity contribution in [2.75, 3.05) is 11.1 Å². The van der Waals surface area contributed by atoms with Gasteiger partial charge in [0.2, 0.25) is 0 Å². The molecule has 4 heteroatoms. The summed E-state index contributed by atoms with van der Waals surface area (Å²) in [5.41, 5.74) is 1.75. The molecule has 1 aliphatic rings. The van der Waals surface area contributed by atoms with Crippen LogP contribution in [0.15, 0.2) is 18.3 Å². The van der Waals surface area contributed by atoms with Crippen LogP contribution in [0.3, 0.4) is 0 Å². The predicted molar refractivity (Wildman–Crippen MR) is 49.0 cm³/mol. The minimum atomic E-state index is 0.0788. The summed E-state index contributed by atoms with van der Waals surface area (Å²) < 4.78 is 1.85. The molecule has 0 radical (unpaired) electrons. The monoisotopic (exact) mass is 304 g/mol. The van der Waals surface area contributed by atoms with Gasteiger partial charge in [-0.25, -0.2) is 0 Å². The second-order valence-electron chi connectivity index (χ2n) is 3.41. The van der Waals surface area contributed by atoms with E-state index in [4.69, 9.17) is 0 Å². The quantitative estimate of drug-likeness (QED) is 0.215. The number of carbonyl (C=O) groups excluding carboxylic acids is 1. The Labute approximate surface area is 94.3 Å². The Balaban J connectivity index is 2.28. The number of aromatic nitrogens is 1. The van der Waals surface area contributed by atoms with E-state index in [0.29, 0.717) is 5.91 Å². The van der Waals surface area contributed by atoms with Crippen LogP contribution in [-0.4, -0.2) is 24.7 Å². The van der Waals surface area contributed by atoms with Crippen LogP contribution in [0.4, 0.5) is 0 Å². The van der Waals surface area contributed by atoms with Crippen LogP contribution >= 0.6 is 0 Å². The molecule has 2 heterocycles. The van der Waals surface area contributed by atoms with Gasteiger partial charge in [0, 0.05) is 0 Å². The Morgan fingerprint density at radius 3 is 2.93 bits per heavy atom. The zero-order valence-electron chi connectivity index (χ0n) is 8.33. The summed E-state index contributed by atoms with van der Waals surface area (Å²) in [6.07, 6.45) is 1.72. The van der Waals surface area contributed by atoms with Gasteiger partial charge in [0.25, 0.3) is 0 Å². The van der Waals surface area contributed by atoms with Gasteiger partial charge >= 0.3 is 94.4 Å². The van der Waals surface area contributed by atoms with Gasteiger partial charge in [-0.15, -0.1) is 0 Å². The van der Waals surface area contributed by atoms with Gasteiger partial charge in [-0.2, -0.15) is 0 Å². The summed E-state index contributed by atoms with van der Waals surface area (Å²) in [6, 6.07) is 3.72. The van der Waals surface area contributed by atoms with Crippen LogP contribution in [0.25, 0.3) is 0 Å². The SMILES string of the molecule is CC[N+]1(C(=O)c2ccnc(C)c2)C[I-]1. The van der Waals surface area contributed by atoms with Crippen molar-refractivity contribution in [1.29, 1.82) is 0 Å². The molecular weight excluding hydrogens is 291 g/mol. The molecule has 1 aromatic heterocycles. The Bertz CT molecular complexity index is 374. The van der Waals surface area contributed by atoms with Crippen molar-refractivity contribution in [2.45, 2.75) is 13.8 Å². The first-order valence-electron chi connectivity index (χ1n) is 4.63. The molecule has 0 aliphatic carbocycles. The molecular formula is C10H13IN2O. The number of nitrogens with zero attached hydrogens (tertiary/aromatic N) is 2. The molecule has 1 fully saturated rings. The van der Waals surface area contributed by atoms with Crippen LogP contribution in [0, 0.1) is 6.92 Å². The van der Waals surface area contributed by atoms with Gasteiger partial charge in [-0.05, 0) is 0 Å². The molecule has 1 aromatic rings. The summed E-state index contributed by atoms with van der Waals surface area (Å²) in [7, 11) is 0. The minimum absolute atomic E-state index is 0.0788. The fourth-order valence-electron chi connectivity index (χ4n) is 1.40. The molecule has 76 valence electrons. The van der Waals surface area contributed by atoms with Gasteiger partial charge in [0.1, 0.15) is 0 Å². The number of rotatable bonds is 2. The maximum atomic E-state index is 12.1. The van der Waals surface area contributed by atoms with E-state index >= 15 is 0 Å². The molecule has 0 N–H and O–H groups in total. The fourth-order valence-corrected chi connectivity index (χ4v) is 3.63. The number of halogens is 1. The summed E-state index contributed by atoms with van der Waals surface area (Å²) in [6.45, 7) is 4.97. The van der Waals surface area contributed by atoms with Crippen molar-refractivity contribution in [3.8, 4) is 0 Å². The van der Waals surface area contributed by atoms with Crippen LogP contribution in [-0.2, 0) is 0 Å². The molecule has 0 saturated carbocycles. The number of alkyl halides is 1. The average molecular weight is 304 g/mol. The topological polar surface area (TPSA) is 30.0 Å². The van der Waals surface area contributed by atoms with Crippen molar-refractivity contribution in [3.05, 3.63) is 29.6 Å². The fraction of sp³-hybridized carbons (Fsp3) is 0.400. The van der Waals surface area contributed by atoms with E-state index in [1.54, 1.807) is 6.20 Å². The normalized spacial score (nSPS) is 25.3. The Morgan fingerprint density at radius 2 is 2.43 bits per heavy atom. The number of pyridine rings is 1. The van der Waals surface area contributed by atoms with Crippen LogP contribution < -0.4 is 21.5 Å². The van der Waals surface area contributed by atoms with Gasteiger partial charge in [-0.3, -0.25) is 0 Å². The van der Waals surface area contributed by atoms with E-state index in [1.807, 2.05) is 19.1 Å². The van der Waals surface area contributed by atoms with E-state index in [9.17, 15) is 4.79 Å². The Hall–Kier alpha value is -0.490. The maximum absolute atomic E-state index is 12.1. The molecule has 3 nitrogen and oxygen atoms in total. The van der Waals surface area contributed by atoms with Crippen LogP contribution in [0.5, 0.6) is 0 Å². The van der Waals surface area contributed by atoms with E-state index < -0.39 is 0 Å². The Kier molecular flexibility index (Phi) is 2.57. The van der Waals surface area contributed by atoms with E-state index in [0.717, 1.165) is 25.1 Å². The first-order valence-corrected chi connectivity index (χ1v) is 7.13.